The second kappa shape index (κ2) is 19.3. The topological polar surface area (TPSA) is 26.3 Å². The molecule has 0 spiro atoms. The Kier molecular flexibility index (Phi) is 19.2. The molecule has 0 aromatic rings. The van der Waals surface area contributed by atoms with Crippen molar-refractivity contribution in [2.45, 2.75) is 130 Å². The van der Waals surface area contributed by atoms with Gasteiger partial charge in [-0.05, 0) is 32.1 Å². The van der Waals surface area contributed by atoms with Gasteiger partial charge in [-0.25, -0.2) is 0 Å². The number of rotatable bonds is 20. The zero-order chi connectivity index (χ0) is 20.2. The molecule has 3 heteroatoms. The maximum Gasteiger partial charge on any atom is 0.312 e. The molecule has 2 nitrogen and oxygen atoms in total. The van der Waals surface area contributed by atoms with Gasteiger partial charge < -0.3 is 4.74 Å². The number of carbonyl (C=O) groups is 1. The van der Waals surface area contributed by atoms with Gasteiger partial charge in [0.05, 0.1) is 12.0 Å². The normalized spacial score (nSPS) is 13.5. The summed E-state index contributed by atoms with van der Waals surface area (Å²) in [7, 11) is 0. The fraction of sp³-hybridized carbons (Fsp3) is 0.958. The van der Waals surface area contributed by atoms with E-state index in [1.165, 1.54) is 70.6 Å². The van der Waals surface area contributed by atoms with Gasteiger partial charge in [-0.15, -0.1) is 0 Å². The highest BCUT2D eigenvalue weighted by Crippen LogP contribution is 2.37. The van der Waals surface area contributed by atoms with Crippen LogP contribution in [0.15, 0.2) is 0 Å². The van der Waals surface area contributed by atoms with Crippen LogP contribution >= 0.6 is 15.9 Å². The number of unbranched alkanes of at least 4 members (excludes halogenated alkanes) is 11. The largest absolute Gasteiger partial charge is 0.465 e. The standard InChI is InChI=1S/C24H47BrO2/c1-4-7-9-11-12-16-20-24(6-3,19-15-10-8-5-2)23(26)27-22-18-14-13-17-21-25/h4-22H2,1-3H3. The van der Waals surface area contributed by atoms with Gasteiger partial charge in [-0.1, -0.05) is 114 Å². The molecule has 0 aromatic heterocycles. The molecule has 0 fully saturated rings. The number of ether oxygens (including phenoxy) is 1. The third-order valence-electron chi connectivity index (χ3n) is 5.89. The summed E-state index contributed by atoms with van der Waals surface area (Å²) in [5.74, 6) is 0.0931. The van der Waals surface area contributed by atoms with Crippen LogP contribution in [0.25, 0.3) is 0 Å². The second-order valence-corrected chi connectivity index (χ2v) is 8.99. The summed E-state index contributed by atoms with van der Waals surface area (Å²) in [6.45, 7) is 7.30. The molecule has 1 unspecified atom stereocenters. The lowest BCUT2D eigenvalue weighted by atomic mass is 9.75. The third-order valence-corrected chi connectivity index (χ3v) is 6.45. The van der Waals surface area contributed by atoms with Crippen LogP contribution in [-0.4, -0.2) is 17.9 Å². The molecule has 0 N–H and O–H groups in total. The van der Waals surface area contributed by atoms with E-state index in [-0.39, 0.29) is 11.4 Å². The maximum absolute atomic E-state index is 13.0. The molecule has 0 bridgehead atoms. The SMILES string of the molecule is CCCCCCCCC(CC)(CCCCCC)C(=O)OCCCCCCBr. The molecule has 0 saturated carbocycles. The van der Waals surface area contributed by atoms with E-state index < -0.39 is 0 Å². The average Bonchev–Trinajstić information content (AvgIpc) is 2.68. The van der Waals surface area contributed by atoms with Crippen LogP contribution in [-0.2, 0) is 9.53 Å². The first-order valence-corrected chi connectivity index (χ1v) is 13.0. The first kappa shape index (κ1) is 27.0. The Labute approximate surface area is 178 Å². The quantitative estimate of drug-likeness (QED) is 0.106. The van der Waals surface area contributed by atoms with E-state index in [1.807, 2.05) is 0 Å². The van der Waals surface area contributed by atoms with E-state index in [9.17, 15) is 4.79 Å². The fourth-order valence-electron chi connectivity index (χ4n) is 3.83. The van der Waals surface area contributed by atoms with E-state index in [0.29, 0.717) is 6.61 Å². The molecule has 0 rings (SSSR count). The number of esters is 1. The highest BCUT2D eigenvalue weighted by atomic mass is 79.9. The van der Waals surface area contributed by atoms with Gasteiger partial charge in [-0.2, -0.15) is 0 Å². The molecule has 0 aliphatic rings. The highest BCUT2D eigenvalue weighted by Gasteiger charge is 2.36. The van der Waals surface area contributed by atoms with Gasteiger partial charge >= 0.3 is 5.97 Å². The molecular formula is C24H47BrO2. The van der Waals surface area contributed by atoms with Gasteiger partial charge in [-0.3, -0.25) is 4.79 Å². The molecule has 0 aromatic carbocycles. The van der Waals surface area contributed by atoms with E-state index in [2.05, 4.69) is 36.7 Å². The Morgan fingerprint density at radius 2 is 1.19 bits per heavy atom. The molecule has 0 aliphatic carbocycles. The lowest BCUT2D eigenvalue weighted by Gasteiger charge is -2.31. The zero-order valence-corrected chi connectivity index (χ0v) is 20.2. The van der Waals surface area contributed by atoms with Crippen LogP contribution in [0.3, 0.4) is 0 Å². The predicted molar refractivity (Wildman–Crippen MR) is 123 cm³/mol. The van der Waals surface area contributed by atoms with Crippen molar-refractivity contribution in [3.8, 4) is 0 Å². The van der Waals surface area contributed by atoms with Crippen LogP contribution in [0, 0.1) is 5.41 Å². The molecular weight excluding hydrogens is 400 g/mol. The Morgan fingerprint density at radius 1 is 0.704 bits per heavy atom. The third kappa shape index (κ3) is 13.7. The zero-order valence-electron chi connectivity index (χ0n) is 18.6. The minimum absolute atomic E-state index is 0.0931. The van der Waals surface area contributed by atoms with E-state index in [0.717, 1.165) is 43.9 Å². The fourth-order valence-corrected chi connectivity index (χ4v) is 4.23. The smallest absolute Gasteiger partial charge is 0.312 e. The molecule has 1 atom stereocenters. The summed E-state index contributed by atoms with van der Waals surface area (Å²) in [6, 6.07) is 0. The van der Waals surface area contributed by atoms with Crippen molar-refractivity contribution in [1.82, 2.24) is 0 Å². The van der Waals surface area contributed by atoms with Crippen molar-refractivity contribution in [3.05, 3.63) is 0 Å². The number of halogens is 1. The molecule has 0 aliphatic heterocycles. The molecule has 162 valence electrons. The van der Waals surface area contributed by atoms with E-state index >= 15 is 0 Å². The van der Waals surface area contributed by atoms with Crippen molar-refractivity contribution < 1.29 is 9.53 Å². The summed E-state index contributed by atoms with van der Waals surface area (Å²) >= 11 is 3.47. The Morgan fingerprint density at radius 3 is 1.74 bits per heavy atom. The number of alkyl halides is 1. The average molecular weight is 448 g/mol. The van der Waals surface area contributed by atoms with Gasteiger partial charge in [0, 0.05) is 5.33 Å². The number of hydrogen-bond donors (Lipinski definition) is 0. The minimum atomic E-state index is -0.228. The summed E-state index contributed by atoms with van der Waals surface area (Å²) in [5.41, 5.74) is -0.228. The maximum atomic E-state index is 13.0. The molecule has 0 saturated heterocycles. The Bertz CT molecular complexity index is 332. The lowest BCUT2D eigenvalue weighted by Crippen LogP contribution is -2.33. The highest BCUT2D eigenvalue weighted by molar-refractivity contribution is 9.09. The Hall–Kier alpha value is -0.0500. The van der Waals surface area contributed by atoms with Crippen LogP contribution < -0.4 is 0 Å². The van der Waals surface area contributed by atoms with E-state index in [1.54, 1.807) is 0 Å². The summed E-state index contributed by atoms with van der Waals surface area (Å²) in [5, 5.41) is 1.07. The van der Waals surface area contributed by atoms with Gasteiger partial charge in [0.25, 0.3) is 0 Å². The first-order chi connectivity index (χ1) is 13.2. The Balaban J connectivity index is 4.46. The summed E-state index contributed by atoms with van der Waals surface area (Å²) < 4.78 is 5.78. The van der Waals surface area contributed by atoms with Crippen molar-refractivity contribution in [3.63, 3.8) is 0 Å². The predicted octanol–water partition coefficient (Wildman–Crippen LogP) is 8.60. The van der Waals surface area contributed by atoms with Crippen molar-refractivity contribution >= 4 is 21.9 Å². The monoisotopic (exact) mass is 446 g/mol. The van der Waals surface area contributed by atoms with Crippen LogP contribution in [0.5, 0.6) is 0 Å². The van der Waals surface area contributed by atoms with Crippen molar-refractivity contribution in [2.24, 2.45) is 5.41 Å². The number of carbonyl (C=O) groups excluding carboxylic acids is 1. The first-order valence-electron chi connectivity index (χ1n) is 11.9. The second-order valence-electron chi connectivity index (χ2n) is 8.20. The van der Waals surface area contributed by atoms with Gasteiger partial charge in [0.1, 0.15) is 0 Å². The summed E-state index contributed by atoms with van der Waals surface area (Å²) in [4.78, 5) is 13.0. The molecule has 0 amide bonds. The van der Waals surface area contributed by atoms with Crippen LogP contribution in [0.1, 0.15) is 130 Å². The number of hydrogen-bond acceptors (Lipinski definition) is 2. The van der Waals surface area contributed by atoms with Gasteiger partial charge in [0.2, 0.25) is 0 Å². The summed E-state index contributed by atoms with van der Waals surface area (Å²) in [6.07, 6.45) is 20.2. The minimum Gasteiger partial charge on any atom is -0.465 e. The molecule has 0 heterocycles. The van der Waals surface area contributed by atoms with Crippen molar-refractivity contribution in [2.75, 3.05) is 11.9 Å². The van der Waals surface area contributed by atoms with Crippen LogP contribution in [0.4, 0.5) is 0 Å². The van der Waals surface area contributed by atoms with Gasteiger partial charge in [0.15, 0.2) is 0 Å². The molecule has 0 radical (unpaired) electrons. The van der Waals surface area contributed by atoms with Crippen LogP contribution in [0.2, 0.25) is 0 Å². The lowest BCUT2D eigenvalue weighted by molar-refractivity contribution is -0.157. The van der Waals surface area contributed by atoms with E-state index in [4.69, 9.17) is 4.74 Å². The van der Waals surface area contributed by atoms with Crippen molar-refractivity contribution in [1.29, 1.82) is 0 Å². The molecule has 27 heavy (non-hydrogen) atoms.